The Labute approximate surface area is 88.1 Å². The van der Waals surface area contributed by atoms with E-state index in [0.29, 0.717) is 12.8 Å². The maximum absolute atomic E-state index is 11.3. The van der Waals surface area contributed by atoms with Crippen molar-refractivity contribution in [3.8, 4) is 0 Å². The zero-order valence-corrected chi connectivity index (χ0v) is 8.42. The lowest BCUT2D eigenvalue weighted by Crippen LogP contribution is -2.12. The number of fused-ring (bicyclic) bond motifs is 1. The minimum Gasteiger partial charge on any atom is -0.390 e. The van der Waals surface area contributed by atoms with Gasteiger partial charge in [0.15, 0.2) is 0 Å². The van der Waals surface area contributed by atoms with Gasteiger partial charge in [0, 0.05) is 12.1 Å². The van der Waals surface area contributed by atoms with Gasteiger partial charge in [-0.05, 0) is 30.0 Å². The van der Waals surface area contributed by atoms with Crippen LogP contribution >= 0.6 is 0 Å². The zero-order valence-electron chi connectivity index (χ0n) is 8.42. The summed E-state index contributed by atoms with van der Waals surface area (Å²) >= 11 is 0. The standard InChI is InChI=1S/C12H13NO2/c14-11-6-9-8(7-12(15)4-5-12)2-1-3-10(9)13-11/h1-3,15H,4-7H2,(H,13,14). The number of nitrogens with one attached hydrogen (secondary N) is 1. The van der Waals surface area contributed by atoms with Gasteiger partial charge in [-0.2, -0.15) is 0 Å². The normalized spacial score (nSPS) is 21.0. The summed E-state index contributed by atoms with van der Waals surface area (Å²) in [6.45, 7) is 0. The van der Waals surface area contributed by atoms with Gasteiger partial charge in [0.1, 0.15) is 0 Å². The minimum atomic E-state index is -0.485. The van der Waals surface area contributed by atoms with Crippen molar-refractivity contribution < 1.29 is 9.90 Å². The average Bonchev–Trinajstić information content (AvgIpc) is 2.76. The van der Waals surface area contributed by atoms with Gasteiger partial charge in [-0.1, -0.05) is 12.1 Å². The highest BCUT2D eigenvalue weighted by Gasteiger charge is 2.41. The molecule has 78 valence electrons. The average molecular weight is 203 g/mol. The summed E-state index contributed by atoms with van der Waals surface area (Å²) in [5, 5.41) is 12.7. The van der Waals surface area contributed by atoms with Crippen LogP contribution in [0.2, 0.25) is 0 Å². The van der Waals surface area contributed by atoms with Crippen LogP contribution in [0.15, 0.2) is 18.2 Å². The molecule has 0 atom stereocenters. The molecule has 1 amide bonds. The van der Waals surface area contributed by atoms with Gasteiger partial charge in [-0.15, -0.1) is 0 Å². The van der Waals surface area contributed by atoms with Gasteiger partial charge in [-0.25, -0.2) is 0 Å². The van der Waals surface area contributed by atoms with E-state index in [1.165, 1.54) is 0 Å². The van der Waals surface area contributed by atoms with Crippen LogP contribution in [0.3, 0.4) is 0 Å². The summed E-state index contributed by atoms with van der Waals surface area (Å²) in [4.78, 5) is 11.3. The van der Waals surface area contributed by atoms with Crippen molar-refractivity contribution >= 4 is 11.6 Å². The Bertz CT molecular complexity index is 435. The monoisotopic (exact) mass is 203 g/mol. The second-order valence-corrected chi connectivity index (χ2v) is 4.57. The molecule has 1 heterocycles. The van der Waals surface area contributed by atoms with Crippen molar-refractivity contribution in [3.05, 3.63) is 29.3 Å². The molecule has 1 aliphatic heterocycles. The highest BCUT2D eigenvalue weighted by atomic mass is 16.3. The van der Waals surface area contributed by atoms with Crippen molar-refractivity contribution in [2.75, 3.05) is 5.32 Å². The van der Waals surface area contributed by atoms with Crippen LogP contribution < -0.4 is 5.32 Å². The molecule has 0 aromatic heterocycles. The second-order valence-electron chi connectivity index (χ2n) is 4.57. The Kier molecular flexibility index (Phi) is 1.68. The van der Waals surface area contributed by atoms with Gasteiger partial charge >= 0.3 is 0 Å². The van der Waals surface area contributed by atoms with Crippen LogP contribution in [0, 0.1) is 0 Å². The molecule has 0 unspecified atom stereocenters. The summed E-state index contributed by atoms with van der Waals surface area (Å²) in [5.41, 5.74) is 2.62. The molecular formula is C12H13NO2. The molecule has 0 spiro atoms. The third-order valence-electron chi connectivity index (χ3n) is 3.23. The van der Waals surface area contributed by atoms with Gasteiger partial charge in [0.05, 0.1) is 12.0 Å². The van der Waals surface area contributed by atoms with E-state index in [4.69, 9.17) is 0 Å². The molecule has 1 fully saturated rings. The summed E-state index contributed by atoms with van der Waals surface area (Å²) in [6.07, 6.45) is 2.92. The summed E-state index contributed by atoms with van der Waals surface area (Å²) in [6, 6.07) is 5.86. The Hall–Kier alpha value is -1.35. The van der Waals surface area contributed by atoms with Crippen LogP contribution in [0.5, 0.6) is 0 Å². The summed E-state index contributed by atoms with van der Waals surface area (Å²) in [5.74, 6) is 0.0558. The molecule has 3 heteroatoms. The lowest BCUT2D eigenvalue weighted by molar-refractivity contribution is -0.115. The Morgan fingerprint density at radius 3 is 2.93 bits per heavy atom. The number of aliphatic hydroxyl groups is 1. The van der Waals surface area contributed by atoms with E-state index in [1.807, 2.05) is 18.2 Å². The van der Waals surface area contributed by atoms with Crippen LogP contribution in [0.1, 0.15) is 24.0 Å². The Morgan fingerprint density at radius 2 is 2.20 bits per heavy atom. The molecule has 0 saturated heterocycles. The molecule has 3 nitrogen and oxygen atoms in total. The highest BCUT2D eigenvalue weighted by Crippen LogP contribution is 2.40. The van der Waals surface area contributed by atoms with Gasteiger partial charge in [-0.3, -0.25) is 4.79 Å². The predicted molar refractivity (Wildman–Crippen MR) is 56.7 cm³/mol. The molecule has 1 saturated carbocycles. The van der Waals surface area contributed by atoms with E-state index in [2.05, 4.69) is 5.32 Å². The number of benzene rings is 1. The van der Waals surface area contributed by atoms with E-state index in [9.17, 15) is 9.90 Å². The summed E-state index contributed by atoms with van der Waals surface area (Å²) < 4.78 is 0. The van der Waals surface area contributed by atoms with E-state index >= 15 is 0 Å². The quantitative estimate of drug-likeness (QED) is 0.760. The van der Waals surface area contributed by atoms with Crippen molar-refractivity contribution in [3.63, 3.8) is 0 Å². The van der Waals surface area contributed by atoms with Gasteiger partial charge in [0.25, 0.3) is 0 Å². The minimum absolute atomic E-state index is 0.0558. The van der Waals surface area contributed by atoms with Gasteiger partial charge < -0.3 is 10.4 Å². The number of anilines is 1. The van der Waals surface area contributed by atoms with E-state index < -0.39 is 5.60 Å². The fraction of sp³-hybridized carbons (Fsp3) is 0.417. The van der Waals surface area contributed by atoms with E-state index in [0.717, 1.165) is 29.7 Å². The largest absolute Gasteiger partial charge is 0.390 e. The van der Waals surface area contributed by atoms with E-state index in [-0.39, 0.29) is 5.91 Å². The number of amides is 1. The molecule has 0 radical (unpaired) electrons. The fourth-order valence-electron chi connectivity index (χ4n) is 2.16. The maximum atomic E-state index is 11.3. The lowest BCUT2D eigenvalue weighted by Gasteiger charge is -2.10. The number of carbonyl (C=O) groups is 1. The van der Waals surface area contributed by atoms with Crippen LogP contribution in [0.4, 0.5) is 5.69 Å². The lowest BCUT2D eigenvalue weighted by atomic mass is 9.98. The van der Waals surface area contributed by atoms with Crippen LogP contribution in [-0.2, 0) is 17.6 Å². The first-order chi connectivity index (χ1) is 7.16. The molecule has 0 bridgehead atoms. The molecule has 2 aliphatic rings. The van der Waals surface area contributed by atoms with Crippen molar-refractivity contribution in [1.29, 1.82) is 0 Å². The van der Waals surface area contributed by atoms with Crippen LogP contribution in [0.25, 0.3) is 0 Å². The highest BCUT2D eigenvalue weighted by molar-refractivity contribution is 5.99. The van der Waals surface area contributed by atoms with Crippen LogP contribution in [-0.4, -0.2) is 16.6 Å². The fourth-order valence-corrected chi connectivity index (χ4v) is 2.16. The third-order valence-corrected chi connectivity index (χ3v) is 3.23. The first-order valence-corrected chi connectivity index (χ1v) is 5.29. The van der Waals surface area contributed by atoms with E-state index in [1.54, 1.807) is 0 Å². The van der Waals surface area contributed by atoms with Crippen molar-refractivity contribution in [2.45, 2.75) is 31.3 Å². The van der Waals surface area contributed by atoms with Gasteiger partial charge in [0.2, 0.25) is 5.91 Å². The van der Waals surface area contributed by atoms with Crippen molar-refractivity contribution in [1.82, 2.24) is 0 Å². The molecule has 15 heavy (non-hydrogen) atoms. The maximum Gasteiger partial charge on any atom is 0.228 e. The topological polar surface area (TPSA) is 49.3 Å². The molecule has 1 aliphatic carbocycles. The third kappa shape index (κ3) is 1.53. The molecule has 3 rings (SSSR count). The Balaban J connectivity index is 1.95. The number of hydrogen-bond acceptors (Lipinski definition) is 2. The van der Waals surface area contributed by atoms with Crippen molar-refractivity contribution in [2.24, 2.45) is 0 Å². The molecule has 2 N–H and O–H groups in total. The first kappa shape index (κ1) is 8.92. The molecular weight excluding hydrogens is 190 g/mol. The predicted octanol–water partition coefficient (Wildman–Crippen LogP) is 1.25. The second kappa shape index (κ2) is 2.83. The zero-order chi connectivity index (χ0) is 10.5. The SMILES string of the molecule is O=C1Cc2c(CC3(O)CC3)cccc2N1. The first-order valence-electron chi connectivity index (χ1n) is 5.29. The number of rotatable bonds is 2. The molecule has 1 aromatic carbocycles. The number of carbonyl (C=O) groups excluding carboxylic acids is 1. The molecule has 1 aromatic rings. The summed E-state index contributed by atoms with van der Waals surface area (Å²) in [7, 11) is 0. The Morgan fingerprint density at radius 1 is 1.40 bits per heavy atom. The smallest absolute Gasteiger partial charge is 0.228 e. The number of hydrogen-bond donors (Lipinski definition) is 2.